The highest BCUT2D eigenvalue weighted by atomic mass is 35.5. The van der Waals surface area contributed by atoms with Gasteiger partial charge in [0, 0.05) is 78.9 Å². The smallest absolute Gasteiger partial charge is 0.388 e. The molecule has 218 valence electrons. The van der Waals surface area contributed by atoms with Gasteiger partial charge in [-0.1, -0.05) is 24.6 Å². The fraction of sp³-hybridized carbons (Fsp3) is 0.433. The van der Waals surface area contributed by atoms with E-state index in [4.69, 9.17) is 16.6 Å². The average Bonchev–Trinajstić information content (AvgIpc) is 2.95. The van der Waals surface area contributed by atoms with Crippen LogP contribution in [-0.4, -0.2) is 59.4 Å². The van der Waals surface area contributed by atoms with Gasteiger partial charge in [-0.2, -0.15) is 0 Å². The molecule has 0 bridgehead atoms. The Morgan fingerprint density at radius 2 is 1.76 bits per heavy atom. The summed E-state index contributed by atoms with van der Waals surface area (Å²) in [6.07, 6.45) is 2.47. The molecule has 41 heavy (non-hydrogen) atoms. The predicted octanol–water partition coefficient (Wildman–Crippen LogP) is 6.33. The van der Waals surface area contributed by atoms with Gasteiger partial charge in [0.2, 0.25) is 5.88 Å². The molecule has 1 amide bonds. The van der Waals surface area contributed by atoms with Gasteiger partial charge in [0.05, 0.1) is 0 Å². The molecule has 2 saturated heterocycles. The number of rotatable bonds is 7. The van der Waals surface area contributed by atoms with E-state index in [0.717, 1.165) is 63.4 Å². The Labute approximate surface area is 242 Å². The van der Waals surface area contributed by atoms with Gasteiger partial charge in [-0.05, 0) is 67.5 Å². The first-order valence-corrected chi connectivity index (χ1v) is 14.3. The number of aromatic nitrogens is 2. The van der Waals surface area contributed by atoms with Crippen LogP contribution in [0.4, 0.5) is 19.0 Å². The molecule has 2 aliphatic rings. The van der Waals surface area contributed by atoms with Crippen molar-refractivity contribution in [2.75, 3.05) is 31.1 Å². The summed E-state index contributed by atoms with van der Waals surface area (Å²) in [6.45, 7) is 6.98. The number of anilines is 1. The van der Waals surface area contributed by atoms with Gasteiger partial charge in [-0.3, -0.25) is 9.69 Å². The number of hydrogen-bond donors (Lipinski definition) is 1. The average molecular weight is 588 g/mol. The Morgan fingerprint density at radius 3 is 2.39 bits per heavy atom. The summed E-state index contributed by atoms with van der Waals surface area (Å²) >= 11 is 6.33. The number of pyridine rings is 2. The Kier molecular flexibility index (Phi) is 8.99. The van der Waals surface area contributed by atoms with Crippen LogP contribution in [0.5, 0.6) is 5.88 Å². The van der Waals surface area contributed by atoms with Crippen molar-refractivity contribution in [3.05, 3.63) is 71.0 Å². The second kappa shape index (κ2) is 12.7. The minimum Gasteiger partial charge on any atom is -0.388 e. The molecule has 1 aromatic carbocycles. The summed E-state index contributed by atoms with van der Waals surface area (Å²) in [6, 6.07) is 11.7. The van der Waals surface area contributed by atoms with Crippen molar-refractivity contribution in [3.63, 3.8) is 0 Å². The van der Waals surface area contributed by atoms with E-state index in [1.54, 1.807) is 18.2 Å². The first-order chi connectivity index (χ1) is 19.6. The van der Waals surface area contributed by atoms with Crippen LogP contribution >= 0.6 is 11.6 Å². The Morgan fingerprint density at radius 1 is 1.00 bits per heavy atom. The number of amides is 1. The summed E-state index contributed by atoms with van der Waals surface area (Å²) in [4.78, 5) is 26.2. The number of nitrogens with zero attached hydrogens (tertiary/aromatic N) is 4. The number of benzene rings is 1. The maximum Gasteiger partial charge on any atom is 0.574 e. The summed E-state index contributed by atoms with van der Waals surface area (Å²) in [5.41, 5.74) is 2.56. The summed E-state index contributed by atoms with van der Waals surface area (Å²) in [5, 5.41) is 3.47. The first kappa shape index (κ1) is 29.1. The fourth-order valence-corrected chi connectivity index (χ4v) is 5.53. The number of halogens is 4. The molecule has 0 radical (unpaired) electrons. The molecule has 0 atom stereocenters. The van der Waals surface area contributed by atoms with E-state index in [2.05, 4.69) is 43.9 Å². The molecule has 7 nitrogen and oxygen atoms in total. The maximum absolute atomic E-state index is 13.0. The van der Waals surface area contributed by atoms with E-state index in [1.165, 1.54) is 30.7 Å². The highest BCUT2D eigenvalue weighted by molar-refractivity contribution is 6.33. The normalized spacial score (nSPS) is 17.4. The molecule has 11 heteroatoms. The SMILES string of the molecule is CC1CCN(c2ccc(CN3CCC(NC(=O)c4ccc(Cl)c(-c5ccc(OC(F)(F)F)nc5)c4)CC3)cn2)CC1. The second-order valence-electron chi connectivity index (χ2n) is 10.8. The maximum atomic E-state index is 13.0. The van der Waals surface area contributed by atoms with Gasteiger partial charge in [-0.25, -0.2) is 9.97 Å². The van der Waals surface area contributed by atoms with Crippen LogP contribution in [0.15, 0.2) is 54.9 Å². The van der Waals surface area contributed by atoms with Crippen molar-refractivity contribution >= 4 is 23.3 Å². The summed E-state index contributed by atoms with van der Waals surface area (Å²) < 4.78 is 41.1. The monoisotopic (exact) mass is 587 g/mol. The highest BCUT2D eigenvalue weighted by Crippen LogP contribution is 2.30. The molecule has 0 aliphatic carbocycles. The Balaban J connectivity index is 1.12. The zero-order valence-corrected chi connectivity index (χ0v) is 23.6. The van der Waals surface area contributed by atoms with Gasteiger partial charge in [0.25, 0.3) is 5.91 Å². The lowest BCUT2D eigenvalue weighted by molar-refractivity contribution is -0.276. The lowest BCUT2D eigenvalue weighted by Crippen LogP contribution is -2.44. The third-order valence-electron chi connectivity index (χ3n) is 7.74. The molecule has 0 spiro atoms. The number of nitrogens with one attached hydrogen (secondary N) is 1. The molecule has 0 saturated carbocycles. The number of hydrogen-bond acceptors (Lipinski definition) is 6. The van der Waals surface area contributed by atoms with Crippen LogP contribution in [0.3, 0.4) is 0 Å². The van der Waals surface area contributed by atoms with E-state index in [0.29, 0.717) is 21.7 Å². The van der Waals surface area contributed by atoms with Crippen molar-refractivity contribution < 1.29 is 22.7 Å². The number of carbonyl (C=O) groups excluding carboxylic acids is 1. The van der Waals surface area contributed by atoms with Crippen molar-refractivity contribution in [3.8, 4) is 17.0 Å². The molecule has 2 aliphatic heterocycles. The number of carbonyl (C=O) groups is 1. The zero-order chi connectivity index (χ0) is 29.0. The van der Waals surface area contributed by atoms with Crippen LogP contribution in [0.1, 0.15) is 48.5 Å². The number of likely N-dealkylation sites (tertiary alicyclic amines) is 1. The molecule has 5 rings (SSSR count). The topological polar surface area (TPSA) is 70.6 Å². The van der Waals surface area contributed by atoms with E-state index in [-0.39, 0.29) is 11.9 Å². The first-order valence-electron chi connectivity index (χ1n) is 13.9. The van der Waals surface area contributed by atoms with Crippen LogP contribution in [0, 0.1) is 5.92 Å². The largest absolute Gasteiger partial charge is 0.574 e. The lowest BCUT2D eigenvalue weighted by atomic mass is 9.99. The predicted molar refractivity (Wildman–Crippen MR) is 152 cm³/mol. The van der Waals surface area contributed by atoms with Crippen molar-refractivity contribution in [1.29, 1.82) is 0 Å². The highest BCUT2D eigenvalue weighted by Gasteiger charge is 2.31. The molecule has 2 fully saturated rings. The van der Waals surface area contributed by atoms with E-state index in [9.17, 15) is 18.0 Å². The van der Waals surface area contributed by atoms with Crippen molar-refractivity contribution in [2.45, 2.75) is 51.6 Å². The third-order valence-corrected chi connectivity index (χ3v) is 8.07. The number of ether oxygens (including phenoxy) is 1. The van der Waals surface area contributed by atoms with Crippen molar-refractivity contribution in [2.24, 2.45) is 5.92 Å². The van der Waals surface area contributed by atoms with Crippen LogP contribution < -0.4 is 15.0 Å². The van der Waals surface area contributed by atoms with E-state index >= 15 is 0 Å². The van der Waals surface area contributed by atoms with Gasteiger partial charge in [-0.15, -0.1) is 13.2 Å². The van der Waals surface area contributed by atoms with Gasteiger partial charge in [0.15, 0.2) is 0 Å². The van der Waals surface area contributed by atoms with Gasteiger partial charge in [0.1, 0.15) is 5.82 Å². The minimum atomic E-state index is -4.82. The molecular formula is C30H33ClF3N5O2. The van der Waals surface area contributed by atoms with Gasteiger partial charge < -0.3 is 15.0 Å². The lowest BCUT2D eigenvalue weighted by Gasteiger charge is -2.33. The number of alkyl halides is 3. The molecule has 2 aromatic heterocycles. The van der Waals surface area contributed by atoms with Gasteiger partial charge >= 0.3 is 6.36 Å². The zero-order valence-electron chi connectivity index (χ0n) is 22.8. The second-order valence-corrected chi connectivity index (χ2v) is 11.3. The summed E-state index contributed by atoms with van der Waals surface area (Å²) in [7, 11) is 0. The standard InChI is InChI=1S/C30H33ClF3N5O2/c1-20-8-14-39(15-9-20)27-6-2-21(17-35-27)19-38-12-10-24(11-13-38)37-29(40)22-3-5-26(31)25(16-22)23-4-7-28(36-18-23)41-30(32,33)34/h2-7,16-18,20,24H,8-15,19H2,1H3,(H,37,40). The quantitative estimate of drug-likeness (QED) is 0.349. The Bertz CT molecular complexity index is 1320. The van der Waals surface area contributed by atoms with E-state index < -0.39 is 12.2 Å². The van der Waals surface area contributed by atoms with Crippen LogP contribution in [0.25, 0.3) is 11.1 Å². The summed E-state index contributed by atoms with van der Waals surface area (Å²) in [5.74, 6) is 1.04. The van der Waals surface area contributed by atoms with E-state index in [1.807, 2.05) is 6.20 Å². The minimum absolute atomic E-state index is 0.0420. The molecule has 3 aromatic rings. The number of piperidine rings is 2. The molecular weight excluding hydrogens is 555 g/mol. The van der Waals surface area contributed by atoms with Crippen LogP contribution in [0.2, 0.25) is 5.02 Å². The Hall–Kier alpha value is -3.37. The van der Waals surface area contributed by atoms with Crippen molar-refractivity contribution in [1.82, 2.24) is 20.2 Å². The molecule has 4 heterocycles. The van der Waals surface area contributed by atoms with Crippen LogP contribution in [-0.2, 0) is 6.54 Å². The molecule has 0 unspecified atom stereocenters. The molecule has 1 N–H and O–H groups in total. The third kappa shape index (κ3) is 7.89. The fourth-order valence-electron chi connectivity index (χ4n) is 5.30.